The molecule has 0 unspecified atom stereocenters. The Kier molecular flexibility index (Phi) is 3.79. The maximum Gasteiger partial charge on any atom is 0.271 e. The lowest BCUT2D eigenvalue weighted by molar-refractivity contribution is 0.0938. The summed E-state index contributed by atoms with van der Waals surface area (Å²) >= 11 is 0. The first-order valence-corrected chi connectivity index (χ1v) is 7.48. The molecule has 3 heterocycles. The van der Waals surface area contributed by atoms with Crippen molar-refractivity contribution in [1.29, 1.82) is 0 Å². The van der Waals surface area contributed by atoms with E-state index in [2.05, 4.69) is 32.1 Å². The van der Waals surface area contributed by atoms with E-state index in [0.717, 1.165) is 18.9 Å². The minimum absolute atomic E-state index is 0.0248. The summed E-state index contributed by atoms with van der Waals surface area (Å²) in [6.07, 6.45) is 5.29. The average Bonchev–Trinajstić information content (AvgIpc) is 2.93. The number of fused-ring (bicyclic) bond motifs is 1. The number of anilines is 1. The smallest absolute Gasteiger partial charge is 0.271 e. The molecule has 0 saturated heterocycles. The minimum atomic E-state index is -0.133. The number of carbonyl (C=O) groups excluding carboxylic acids is 1. The van der Waals surface area contributed by atoms with Crippen LogP contribution in [0.4, 0.5) is 5.95 Å². The summed E-state index contributed by atoms with van der Waals surface area (Å²) in [6.45, 7) is 7.48. The van der Waals surface area contributed by atoms with Gasteiger partial charge in [0.2, 0.25) is 5.95 Å². The quantitative estimate of drug-likeness (QED) is 0.927. The Balaban J connectivity index is 1.86. The number of nitrogens with zero attached hydrogens (tertiary/aromatic N) is 5. The Hall–Kier alpha value is -2.44. The Morgan fingerprint density at radius 2 is 2.05 bits per heavy atom. The van der Waals surface area contributed by atoms with Gasteiger partial charge in [-0.2, -0.15) is 0 Å². The van der Waals surface area contributed by atoms with Gasteiger partial charge in [-0.15, -0.1) is 0 Å². The molecule has 7 heteroatoms. The molecule has 3 rings (SSSR count). The van der Waals surface area contributed by atoms with Crippen LogP contribution in [0.25, 0.3) is 0 Å². The Bertz CT molecular complexity index is 666. The van der Waals surface area contributed by atoms with Crippen molar-refractivity contribution >= 4 is 11.9 Å². The predicted molar refractivity (Wildman–Crippen MR) is 82.6 cm³/mol. The summed E-state index contributed by atoms with van der Waals surface area (Å²) in [5.74, 6) is 1.43. The van der Waals surface area contributed by atoms with Gasteiger partial charge in [-0.05, 0) is 26.8 Å². The largest absolute Gasteiger partial charge is 0.348 e. The predicted octanol–water partition coefficient (Wildman–Crippen LogP) is 1.39. The summed E-state index contributed by atoms with van der Waals surface area (Å²) < 4.78 is 2.04. The normalized spacial score (nSPS) is 17.5. The third kappa shape index (κ3) is 2.66. The highest BCUT2D eigenvalue weighted by atomic mass is 16.2. The number of amides is 1. The summed E-state index contributed by atoms with van der Waals surface area (Å²) in [4.78, 5) is 27.3. The van der Waals surface area contributed by atoms with E-state index >= 15 is 0 Å². The summed E-state index contributed by atoms with van der Waals surface area (Å²) in [5.41, 5.74) is 0.464. The molecule has 116 valence electrons. The highest BCUT2D eigenvalue weighted by Crippen LogP contribution is 2.27. The Labute approximate surface area is 129 Å². The number of imidazole rings is 1. The Morgan fingerprint density at radius 1 is 1.32 bits per heavy atom. The van der Waals surface area contributed by atoms with E-state index in [1.165, 1.54) is 0 Å². The van der Waals surface area contributed by atoms with Gasteiger partial charge in [0.1, 0.15) is 11.5 Å². The lowest BCUT2D eigenvalue weighted by atomic mass is 10.2. The van der Waals surface area contributed by atoms with Crippen molar-refractivity contribution in [3.05, 3.63) is 36.2 Å². The van der Waals surface area contributed by atoms with Gasteiger partial charge in [0.25, 0.3) is 5.91 Å². The molecule has 7 nitrogen and oxygen atoms in total. The fourth-order valence-corrected chi connectivity index (χ4v) is 2.65. The number of aromatic nitrogens is 4. The fraction of sp³-hybridized carbons (Fsp3) is 0.467. The monoisotopic (exact) mass is 300 g/mol. The van der Waals surface area contributed by atoms with Crippen molar-refractivity contribution in [1.82, 2.24) is 24.8 Å². The van der Waals surface area contributed by atoms with Gasteiger partial charge >= 0.3 is 0 Å². The lowest BCUT2D eigenvalue weighted by Gasteiger charge is -2.33. The minimum Gasteiger partial charge on any atom is -0.348 e. The van der Waals surface area contributed by atoms with Gasteiger partial charge in [0.05, 0.1) is 6.04 Å². The number of hydrogen-bond donors (Lipinski definition) is 1. The van der Waals surface area contributed by atoms with Crippen molar-refractivity contribution in [2.45, 2.75) is 39.4 Å². The number of carbonyl (C=O) groups is 1. The van der Waals surface area contributed by atoms with Crippen LogP contribution in [0.3, 0.4) is 0 Å². The highest BCUT2D eigenvalue weighted by molar-refractivity contribution is 5.92. The average molecular weight is 300 g/mol. The van der Waals surface area contributed by atoms with Crippen molar-refractivity contribution < 1.29 is 4.79 Å². The second-order valence-corrected chi connectivity index (χ2v) is 5.72. The van der Waals surface area contributed by atoms with Crippen LogP contribution in [0.15, 0.2) is 24.7 Å². The van der Waals surface area contributed by atoms with Crippen LogP contribution in [0, 0.1) is 0 Å². The van der Waals surface area contributed by atoms with E-state index in [0.29, 0.717) is 11.6 Å². The molecule has 0 bridgehead atoms. The second-order valence-electron chi connectivity index (χ2n) is 5.72. The SMILES string of the molecule is CC(C)NC(=O)c1cn2c(n1)[C@H](C)N(c1ncccn1)CC2. The van der Waals surface area contributed by atoms with Crippen molar-refractivity contribution in [3.63, 3.8) is 0 Å². The molecule has 0 aliphatic carbocycles. The standard InChI is InChI=1S/C15H20N6O/c1-10(2)18-14(22)12-9-20-7-8-21(11(3)13(20)19-12)15-16-5-4-6-17-15/h4-6,9-11H,7-8H2,1-3H3,(H,18,22)/t11-/m0/s1. The maximum absolute atomic E-state index is 12.1. The first kappa shape index (κ1) is 14.5. The summed E-state index contributed by atoms with van der Waals surface area (Å²) in [7, 11) is 0. The van der Waals surface area contributed by atoms with Crippen molar-refractivity contribution in [3.8, 4) is 0 Å². The van der Waals surface area contributed by atoms with E-state index in [-0.39, 0.29) is 18.0 Å². The molecule has 0 aromatic carbocycles. The molecule has 1 N–H and O–H groups in total. The van der Waals surface area contributed by atoms with Gasteiger partial charge in [-0.3, -0.25) is 4.79 Å². The zero-order valence-corrected chi connectivity index (χ0v) is 13.0. The van der Waals surface area contributed by atoms with E-state index in [1.54, 1.807) is 18.5 Å². The molecular formula is C15H20N6O. The molecule has 2 aromatic heterocycles. The topological polar surface area (TPSA) is 75.9 Å². The molecule has 1 aliphatic rings. The van der Waals surface area contributed by atoms with Crippen LogP contribution < -0.4 is 10.2 Å². The van der Waals surface area contributed by atoms with Crippen LogP contribution >= 0.6 is 0 Å². The van der Waals surface area contributed by atoms with Crippen LogP contribution in [0.5, 0.6) is 0 Å². The first-order valence-electron chi connectivity index (χ1n) is 7.48. The zero-order chi connectivity index (χ0) is 15.7. The van der Waals surface area contributed by atoms with Crippen LogP contribution in [0.2, 0.25) is 0 Å². The molecule has 0 spiro atoms. The number of rotatable bonds is 3. The highest BCUT2D eigenvalue weighted by Gasteiger charge is 2.29. The first-order chi connectivity index (χ1) is 10.6. The molecule has 0 fully saturated rings. The molecule has 2 aromatic rings. The van der Waals surface area contributed by atoms with Gasteiger partial charge in [-0.1, -0.05) is 0 Å². The third-order valence-corrected chi connectivity index (χ3v) is 3.69. The van der Waals surface area contributed by atoms with E-state index in [4.69, 9.17) is 0 Å². The number of nitrogens with one attached hydrogen (secondary N) is 1. The molecule has 1 amide bonds. The third-order valence-electron chi connectivity index (χ3n) is 3.69. The summed E-state index contributed by atoms with van der Waals surface area (Å²) in [6, 6.07) is 1.92. The zero-order valence-electron chi connectivity index (χ0n) is 13.0. The van der Waals surface area contributed by atoms with Gasteiger partial charge < -0.3 is 14.8 Å². The van der Waals surface area contributed by atoms with Gasteiger partial charge in [-0.25, -0.2) is 15.0 Å². The van der Waals surface area contributed by atoms with Crippen LogP contribution in [-0.2, 0) is 6.54 Å². The van der Waals surface area contributed by atoms with Crippen LogP contribution in [0.1, 0.15) is 43.1 Å². The van der Waals surface area contributed by atoms with Gasteiger partial charge in [0, 0.05) is 37.7 Å². The Morgan fingerprint density at radius 3 is 2.73 bits per heavy atom. The van der Waals surface area contributed by atoms with E-state index in [1.807, 2.05) is 24.6 Å². The van der Waals surface area contributed by atoms with E-state index < -0.39 is 0 Å². The van der Waals surface area contributed by atoms with Crippen LogP contribution in [-0.4, -0.2) is 38.0 Å². The lowest BCUT2D eigenvalue weighted by Crippen LogP contribution is -2.37. The molecule has 22 heavy (non-hydrogen) atoms. The summed E-state index contributed by atoms with van der Waals surface area (Å²) in [5, 5.41) is 2.87. The second kappa shape index (κ2) is 5.75. The molecule has 1 atom stereocenters. The van der Waals surface area contributed by atoms with E-state index in [9.17, 15) is 4.79 Å². The van der Waals surface area contributed by atoms with Crippen molar-refractivity contribution in [2.24, 2.45) is 0 Å². The van der Waals surface area contributed by atoms with Gasteiger partial charge in [0.15, 0.2) is 0 Å². The fourth-order valence-electron chi connectivity index (χ4n) is 2.65. The molecule has 0 saturated carbocycles. The molecular weight excluding hydrogens is 280 g/mol. The molecule has 1 aliphatic heterocycles. The maximum atomic E-state index is 12.1. The number of hydrogen-bond acceptors (Lipinski definition) is 5. The van der Waals surface area contributed by atoms with Crippen molar-refractivity contribution in [2.75, 3.05) is 11.4 Å². The molecule has 0 radical (unpaired) electrons.